The van der Waals surface area contributed by atoms with Crippen LogP contribution in [-0.4, -0.2) is 54.7 Å². The standard InChI is InChI=1S/C27H38N2O3/c1-6-28(7-2)20(5)22(29(8-3)9-4)15-13-19-31-24-17-12-18-25-26(24)27(30)21-14-10-11-16-23(21)32-25/h10-12,14,16-18,20,22H,6-9,13,15,19H2,1-5H3. The molecule has 0 saturated heterocycles. The molecule has 5 heteroatoms. The monoisotopic (exact) mass is 438 g/mol. The highest BCUT2D eigenvalue weighted by atomic mass is 16.5. The van der Waals surface area contributed by atoms with Gasteiger partial charge < -0.3 is 9.15 Å². The molecule has 0 N–H and O–H groups in total. The molecule has 0 bridgehead atoms. The molecule has 3 aromatic rings. The maximum absolute atomic E-state index is 13.1. The topological polar surface area (TPSA) is 45.9 Å². The van der Waals surface area contributed by atoms with E-state index in [4.69, 9.17) is 9.15 Å². The Bertz CT molecular complexity index is 1050. The Morgan fingerprint density at radius 2 is 1.53 bits per heavy atom. The number of fused-ring (bicyclic) bond motifs is 2. The molecule has 1 heterocycles. The van der Waals surface area contributed by atoms with E-state index in [0.717, 1.165) is 39.0 Å². The molecule has 0 radical (unpaired) electrons. The molecule has 32 heavy (non-hydrogen) atoms. The summed E-state index contributed by atoms with van der Waals surface area (Å²) < 4.78 is 12.1. The predicted octanol–water partition coefficient (Wildman–Crippen LogP) is 5.55. The normalized spacial score (nSPS) is 13.8. The first-order chi connectivity index (χ1) is 15.5. The van der Waals surface area contributed by atoms with Crippen LogP contribution >= 0.6 is 0 Å². The molecular weight excluding hydrogens is 400 g/mol. The fraction of sp³-hybridized carbons (Fsp3) is 0.519. The van der Waals surface area contributed by atoms with Crippen molar-refractivity contribution in [3.8, 4) is 5.75 Å². The van der Waals surface area contributed by atoms with E-state index in [1.807, 2.05) is 36.4 Å². The summed E-state index contributed by atoms with van der Waals surface area (Å²) in [7, 11) is 0. The number of ether oxygens (including phenoxy) is 1. The molecule has 0 aliphatic heterocycles. The van der Waals surface area contributed by atoms with E-state index >= 15 is 0 Å². The summed E-state index contributed by atoms with van der Waals surface area (Å²) >= 11 is 0. The van der Waals surface area contributed by atoms with Gasteiger partial charge in [0.15, 0.2) is 0 Å². The molecule has 0 amide bonds. The zero-order valence-electron chi connectivity index (χ0n) is 20.3. The third-order valence-electron chi connectivity index (χ3n) is 6.70. The van der Waals surface area contributed by atoms with Crippen LogP contribution in [0.4, 0.5) is 0 Å². The Morgan fingerprint density at radius 1 is 0.875 bits per heavy atom. The van der Waals surface area contributed by atoms with Gasteiger partial charge in [-0.2, -0.15) is 0 Å². The Morgan fingerprint density at radius 3 is 2.22 bits per heavy atom. The predicted molar refractivity (Wildman–Crippen MR) is 134 cm³/mol. The quantitative estimate of drug-likeness (QED) is 0.274. The molecule has 3 rings (SSSR count). The van der Waals surface area contributed by atoms with Gasteiger partial charge in [-0.3, -0.25) is 14.6 Å². The van der Waals surface area contributed by atoms with E-state index in [0.29, 0.717) is 46.4 Å². The number of benzene rings is 2. The van der Waals surface area contributed by atoms with Gasteiger partial charge in [-0.15, -0.1) is 0 Å². The molecule has 174 valence electrons. The molecular formula is C27H38N2O3. The summed E-state index contributed by atoms with van der Waals surface area (Å²) in [4.78, 5) is 18.2. The molecule has 0 aliphatic carbocycles. The lowest BCUT2D eigenvalue weighted by molar-refractivity contribution is 0.0895. The summed E-state index contributed by atoms with van der Waals surface area (Å²) in [6.45, 7) is 16.1. The van der Waals surface area contributed by atoms with Crippen LogP contribution in [0.3, 0.4) is 0 Å². The lowest BCUT2D eigenvalue weighted by Gasteiger charge is -2.39. The van der Waals surface area contributed by atoms with Crippen LogP contribution in [0.5, 0.6) is 5.75 Å². The number of rotatable bonds is 12. The maximum Gasteiger partial charge on any atom is 0.204 e. The minimum atomic E-state index is -0.0337. The van der Waals surface area contributed by atoms with Gasteiger partial charge in [-0.05, 0) is 70.2 Å². The van der Waals surface area contributed by atoms with E-state index in [-0.39, 0.29) is 5.43 Å². The molecule has 5 nitrogen and oxygen atoms in total. The van der Waals surface area contributed by atoms with Gasteiger partial charge >= 0.3 is 0 Å². The molecule has 2 atom stereocenters. The minimum Gasteiger partial charge on any atom is -0.493 e. The first kappa shape index (κ1) is 24.3. The zero-order chi connectivity index (χ0) is 23.1. The first-order valence-corrected chi connectivity index (χ1v) is 12.1. The summed E-state index contributed by atoms with van der Waals surface area (Å²) in [5.41, 5.74) is 1.14. The number of nitrogens with zero attached hydrogens (tertiary/aromatic N) is 2. The summed E-state index contributed by atoms with van der Waals surface area (Å²) in [6.07, 6.45) is 1.99. The molecule has 2 unspecified atom stereocenters. The van der Waals surface area contributed by atoms with E-state index in [1.165, 1.54) is 0 Å². The largest absolute Gasteiger partial charge is 0.493 e. The van der Waals surface area contributed by atoms with Gasteiger partial charge in [0.2, 0.25) is 5.43 Å². The Labute approximate surface area is 192 Å². The summed E-state index contributed by atoms with van der Waals surface area (Å²) in [5, 5.41) is 1.12. The van der Waals surface area contributed by atoms with E-state index in [9.17, 15) is 4.79 Å². The lowest BCUT2D eigenvalue weighted by atomic mass is 10.0. The SMILES string of the molecule is CCN(CC)C(C)C(CCCOc1cccc2oc3ccccc3c(=O)c12)N(CC)CC. The van der Waals surface area contributed by atoms with Crippen LogP contribution in [0, 0.1) is 0 Å². The van der Waals surface area contributed by atoms with Crippen molar-refractivity contribution in [1.82, 2.24) is 9.80 Å². The summed E-state index contributed by atoms with van der Waals surface area (Å²) in [6, 6.07) is 13.9. The second-order valence-corrected chi connectivity index (χ2v) is 8.30. The highest BCUT2D eigenvalue weighted by molar-refractivity contribution is 5.93. The highest BCUT2D eigenvalue weighted by Gasteiger charge is 2.25. The Hall–Kier alpha value is -2.37. The number of hydrogen-bond donors (Lipinski definition) is 0. The third kappa shape index (κ3) is 5.16. The van der Waals surface area contributed by atoms with Gasteiger partial charge in [-0.25, -0.2) is 0 Å². The van der Waals surface area contributed by atoms with Gasteiger partial charge in [0.1, 0.15) is 22.3 Å². The second kappa shape index (κ2) is 11.5. The molecule has 0 saturated carbocycles. The highest BCUT2D eigenvalue weighted by Crippen LogP contribution is 2.26. The molecule has 0 spiro atoms. The average molecular weight is 439 g/mol. The van der Waals surface area contributed by atoms with Crippen molar-refractivity contribution in [2.24, 2.45) is 0 Å². The van der Waals surface area contributed by atoms with Gasteiger partial charge in [0.05, 0.1) is 12.0 Å². The maximum atomic E-state index is 13.1. The van der Waals surface area contributed by atoms with Crippen LogP contribution in [0.15, 0.2) is 51.7 Å². The van der Waals surface area contributed by atoms with Crippen LogP contribution in [-0.2, 0) is 0 Å². The first-order valence-electron chi connectivity index (χ1n) is 12.1. The lowest BCUT2D eigenvalue weighted by Crippen LogP contribution is -2.50. The minimum absolute atomic E-state index is 0.0337. The van der Waals surface area contributed by atoms with Crippen LogP contribution in [0.25, 0.3) is 21.9 Å². The van der Waals surface area contributed by atoms with E-state index in [2.05, 4.69) is 44.4 Å². The van der Waals surface area contributed by atoms with Crippen molar-refractivity contribution in [3.63, 3.8) is 0 Å². The summed E-state index contributed by atoms with van der Waals surface area (Å²) in [5.74, 6) is 0.609. The van der Waals surface area contributed by atoms with Crippen molar-refractivity contribution in [2.45, 2.75) is 59.5 Å². The number of hydrogen-bond acceptors (Lipinski definition) is 5. The van der Waals surface area contributed by atoms with Crippen LogP contribution in [0.1, 0.15) is 47.5 Å². The second-order valence-electron chi connectivity index (χ2n) is 8.30. The van der Waals surface area contributed by atoms with Crippen molar-refractivity contribution in [3.05, 3.63) is 52.7 Å². The molecule has 2 aromatic carbocycles. The number of likely N-dealkylation sites (N-methyl/N-ethyl adjacent to an activating group) is 2. The van der Waals surface area contributed by atoms with Crippen molar-refractivity contribution < 1.29 is 9.15 Å². The zero-order valence-corrected chi connectivity index (χ0v) is 20.3. The van der Waals surface area contributed by atoms with Gasteiger partial charge in [0.25, 0.3) is 0 Å². The van der Waals surface area contributed by atoms with Crippen molar-refractivity contribution in [1.29, 1.82) is 0 Å². The molecule has 0 fully saturated rings. The van der Waals surface area contributed by atoms with Crippen molar-refractivity contribution in [2.75, 3.05) is 32.8 Å². The fourth-order valence-corrected chi connectivity index (χ4v) is 4.88. The molecule has 0 aliphatic rings. The average Bonchev–Trinajstić information content (AvgIpc) is 2.82. The third-order valence-corrected chi connectivity index (χ3v) is 6.70. The number of para-hydroxylation sites is 1. The van der Waals surface area contributed by atoms with Crippen LogP contribution < -0.4 is 10.2 Å². The van der Waals surface area contributed by atoms with Crippen LogP contribution in [0.2, 0.25) is 0 Å². The fourth-order valence-electron chi connectivity index (χ4n) is 4.88. The van der Waals surface area contributed by atoms with Gasteiger partial charge in [0, 0.05) is 12.1 Å². The van der Waals surface area contributed by atoms with E-state index < -0.39 is 0 Å². The smallest absolute Gasteiger partial charge is 0.204 e. The van der Waals surface area contributed by atoms with Crippen molar-refractivity contribution >= 4 is 21.9 Å². The Kier molecular flexibility index (Phi) is 8.71. The Balaban J connectivity index is 1.75. The van der Waals surface area contributed by atoms with Gasteiger partial charge in [-0.1, -0.05) is 45.9 Å². The van der Waals surface area contributed by atoms with E-state index in [1.54, 1.807) is 6.07 Å². The molecule has 1 aromatic heterocycles.